The van der Waals surface area contributed by atoms with E-state index in [1.807, 2.05) is 0 Å². The first-order valence-electron chi connectivity index (χ1n) is 5.21. The van der Waals surface area contributed by atoms with E-state index in [-0.39, 0.29) is 22.9 Å². The highest BCUT2D eigenvalue weighted by atomic mass is 79.9. The molecule has 2 fully saturated rings. The molecule has 5 heteroatoms. The molecule has 0 spiro atoms. The Morgan fingerprint density at radius 1 is 1.27 bits per heavy atom. The number of thioether (sulfide) groups is 1. The molecule has 2 rings (SSSR count). The summed E-state index contributed by atoms with van der Waals surface area (Å²) >= 11 is 3.60. The smallest absolute Gasteiger partial charge is 0.160 e. The molecule has 0 aromatic heterocycles. The summed E-state index contributed by atoms with van der Waals surface area (Å²) in [6.07, 6.45) is 4.30. The number of hydrogen-bond acceptors (Lipinski definition) is 1. The molecule has 0 aromatic rings. The van der Waals surface area contributed by atoms with E-state index in [9.17, 15) is 13.2 Å². The maximum atomic E-state index is 12.0. The van der Waals surface area contributed by atoms with Crippen LogP contribution < -0.4 is 0 Å². The molecule has 0 radical (unpaired) electrons. The van der Waals surface area contributed by atoms with Crippen LogP contribution in [0.3, 0.4) is 0 Å². The lowest BCUT2D eigenvalue weighted by Gasteiger charge is -2.28. The molecule has 2 unspecified atom stereocenters. The molecule has 0 heterocycles. The molecule has 2 aliphatic rings. The second kappa shape index (κ2) is 4.13. The van der Waals surface area contributed by atoms with Crippen LogP contribution in [0, 0.1) is 17.3 Å². The molecule has 0 saturated heterocycles. The van der Waals surface area contributed by atoms with Gasteiger partial charge < -0.3 is 0 Å². The fourth-order valence-electron chi connectivity index (χ4n) is 2.77. The predicted molar refractivity (Wildman–Crippen MR) is 60.2 cm³/mol. The zero-order valence-corrected chi connectivity index (χ0v) is 10.7. The highest BCUT2D eigenvalue weighted by molar-refractivity contribution is 9.09. The maximum absolute atomic E-state index is 12.0. The lowest BCUT2D eigenvalue weighted by Crippen LogP contribution is -2.22. The molecule has 88 valence electrons. The SMILES string of the molecule is FC(F)(F)SCCC1(CBr)CC2CC2C1. The summed E-state index contributed by atoms with van der Waals surface area (Å²) in [4.78, 5) is 0. The van der Waals surface area contributed by atoms with E-state index in [2.05, 4.69) is 15.9 Å². The van der Waals surface area contributed by atoms with Gasteiger partial charge in [-0.15, -0.1) is 0 Å². The van der Waals surface area contributed by atoms with Gasteiger partial charge in [-0.3, -0.25) is 0 Å². The van der Waals surface area contributed by atoms with Gasteiger partial charge in [0.1, 0.15) is 0 Å². The Balaban J connectivity index is 1.77. The second-order valence-electron chi connectivity index (χ2n) is 4.84. The summed E-state index contributed by atoms with van der Waals surface area (Å²) in [5.41, 5.74) is -3.89. The summed E-state index contributed by atoms with van der Waals surface area (Å²) in [6.45, 7) is 0. The maximum Gasteiger partial charge on any atom is 0.441 e. The number of alkyl halides is 4. The van der Waals surface area contributed by atoms with Crippen molar-refractivity contribution in [2.75, 3.05) is 11.1 Å². The van der Waals surface area contributed by atoms with Crippen LogP contribution in [0.4, 0.5) is 13.2 Å². The molecule has 15 heavy (non-hydrogen) atoms. The van der Waals surface area contributed by atoms with Crippen molar-refractivity contribution >= 4 is 27.7 Å². The predicted octanol–water partition coefficient (Wildman–Crippen LogP) is 4.44. The Kier molecular flexibility index (Phi) is 3.33. The van der Waals surface area contributed by atoms with Gasteiger partial charge in [0, 0.05) is 11.1 Å². The summed E-state index contributed by atoms with van der Waals surface area (Å²) in [5.74, 6) is 1.88. The molecule has 2 saturated carbocycles. The first kappa shape index (κ1) is 12.1. The van der Waals surface area contributed by atoms with Crippen LogP contribution >= 0.6 is 27.7 Å². The lowest BCUT2D eigenvalue weighted by atomic mass is 9.83. The second-order valence-corrected chi connectivity index (χ2v) is 6.56. The molecule has 0 aliphatic heterocycles. The molecule has 2 atom stereocenters. The minimum absolute atomic E-state index is 0.130. The van der Waals surface area contributed by atoms with Crippen LogP contribution in [-0.4, -0.2) is 16.6 Å². The van der Waals surface area contributed by atoms with Crippen molar-refractivity contribution in [3.8, 4) is 0 Å². The average Bonchev–Trinajstić information content (AvgIpc) is 2.73. The van der Waals surface area contributed by atoms with E-state index >= 15 is 0 Å². The van der Waals surface area contributed by atoms with Crippen LogP contribution in [0.15, 0.2) is 0 Å². The van der Waals surface area contributed by atoms with Crippen molar-refractivity contribution in [3.05, 3.63) is 0 Å². The summed E-state index contributed by atoms with van der Waals surface area (Å²) in [6, 6.07) is 0. The van der Waals surface area contributed by atoms with Crippen molar-refractivity contribution in [1.82, 2.24) is 0 Å². The standard InChI is InChI=1S/C10H14BrF3S/c11-6-9(1-2-15-10(12,13)14)4-7-3-8(7)5-9/h7-8H,1-6H2. The third-order valence-corrected chi connectivity index (χ3v) is 5.57. The van der Waals surface area contributed by atoms with E-state index in [1.165, 1.54) is 6.42 Å². The summed E-state index contributed by atoms with van der Waals surface area (Å²) in [5, 5.41) is 0.866. The molecule has 0 N–H and O–H groups in total. The molecule has 0 aromatic carbocycles. The zero-order chi connectivity index (χ0) is 11.1. The van der Waals surface area contributed by atoms with Gasteiger partial charge in [0.25, 0.3) is 0 Å². The number of fused-ring (bicyclic) bond motifs is 1. The Hall–Kier alpha value is 0.620. The fourth-order valence-corrected chi connectivity index (χ4v) is 4.27. The Bertz CT molecular complexity index is 231. The van der Waals surface area contributed by atoms with E-state index in [0.717, 1.165) is 30.0 Å². The monoisotopic (exact) mass is 302 g/mol. The van der Waals surface area contributed by atoms with Crippen LogP contribution in [0.2, 0.25) is 0 Å². The van der Waals surface area contributed by atoms with Gasteiger partial charge in [0.05, 0.1) is 0 Å². The molecular formula is C10H14BrF3S. The van der Waals surface area contributed by atoms with Gasteiger partial charge >= 0.3 is 5.51 Å². The van der Waals surface area contributed by atoms with Gasteiger partial charge in [-0.1, -0.05) is 27.7 Å². The quantitative estimate of drug-likeness (QED) is 0.692. The van der Waals surface area contributed by atoms with E-state index in [4.69, 9.17) is 0 Å². The van der Waals surface area contributed by atoms with E-state index < -0.39 is 5.51 Å². The minimum atomic E-state index is -4.06. The highest BCUT2D eigenvalue weighted by Gasteiger charge is 2.52. The third-order valence-electron chi connectivity index (χ3n) is 3.64. The van der Waals surface area contributed by atoms with Crippen LogP contribution in [0.25, 0.3) is 0 Å². The van der Waals surface area contributed by atoms with Crippen LogP contribution in [0.5, 0.6) is 0 Å². The first-order valence-corrected chi connectivity index (χ1v) is 7.31. The topological polar surface area (TPSA) is 0 Å². The average molecular weight is 303 g/mol. The Labute approximate surface area is 100 Å². The summed E-state index contributed by atoms with van der Waals surface area (Å²) in [7, 11) is 0. The van der Waals surface area contributed by atoms with E-state index in [1.54, 1.807) is 0 Å². The number of halogens is 4. The van der Waals surface area contributed by atoms with Crippen LogP contribution in [0.1, 0.15) is 25.7 Å². The molecule has 0 amide bonds. The largest absolute Gasteiger partial charge is 0.441 e. The Morgan fingerprint density at radius 3 is 2.33 bits per heavy atom. The summed E-state index contributed by atoms with van der Waals surface area (Å²) < 4.78 is 36.0. The first-order chi connectivity index (χ1) is 6.94. The van der Waals surface area contributed by atoms with Crippen molar-refractivity contribution in [1.29, 1.82) is 0 Å². The molecule has 2 aliphatic carbocycles. The van der Waals surface area contributed by atoms with E-state index in [0.29, 0.717) is 6.42 Å². The number of rotatable bonds is 4. The fraction of sp³-hybridized carbons (Fsp3) is 1.00. The lowest BCUT2D eigenvalue weighted by molar-refractivity contribution is -0.0329. The van der Waals surface area contributed by atoms with Crippen molar-refractivity contribution in [2.24, 2.45) is 17.3 Å². The molecule has 0 bridgehead atoms. The van der Waals surface area contributed by atoms with Gasteiger partial charge in [0.15, 0.2) is 0 Å². The number of hydrogen-bond donors (Lipinski definition) is 0. The minimum Gasteiger partial charge on any atom is -0.160 e. The van der Waals surface area contributed by atoms with Crippen LogP contribution in [-0.2, 0) is 0 Å². The highest BCUT2D eigenvalue weighted by Crippen LogP contribution is 2.61. The van der Waals surface area contributed by atoms with Gasteiger partial charge in [0.2, 0.25) is 0 Å². The third kappa shape index (κ3) is 3.05. The van der Waals surface area contributed by atoms with Gasteiger partial charge in [-0.25, -0.2) is 0 Å². The Morgan fingerprint density at radius 2 is 1.87 bits per heavy atom. The van der Waals surface area contributed by atoms with Gasteiger partial charge in [-0.05, 0) is 42.9 Å². The van der Waals surface area contributed by atoms with Crippen molar-refractivity contribution < 1.29 is 13.2 Å². The normalized spacial score (nSPS) is 39.2. The molecule has 0 nitrogen and oxygen atoms in total. The van der Waals surface area contributed by atoms with Gasteiger partial charge in [-0.2, -0.15) is 13.2 Å². The molecular weight excluding hydrogens is 289 g/mol. The van der Waals surface area contributed by atoms with Crippen molar-refractivity contribution in [2.45, 2.75) is 31.2 Å². The zero-order valence-electron chi connectivity index (χ0n) is 8.32. The van der Waals surface area contributed by atoms with Crippen molar-refractivity contribution in [3.63, 3.8) is 0 Å².